The van der Waals surface area contributed by atoms with Crippen molar-refractivity contribution in [1.29, 1.82) is 0 Å². The highest BCUT2D eigenvalue weighted by molar-refractivity contribution is 7.13. The lowest BCUT2D eigenvalue weighted by molar-refractivity contribution is -0.144. The van der Waals surface area contributed by atoms with Gasteiger partial charge >= 0.3 is 0 Å². The molecule has 4 atom stereocenters. The van der Waals surface area contributed by atoms with E-state index < -0.39 is 23.6 Å². The minimum absolute atomic E-state index is 0. The van der Waals surface area contributed by atoms with Crippen molar-refractivity contribution in [2.45, 2.75) is 65.3 Å². The molecule has 3 heterocycles. The van der Waals surface area contributed by atoms with E-state index in [2.05, 4.69) is 25.8 Å². The van der Waals surface area contributed by atoms with Gasteiger partial charge in [0.05, 0.1) is 34.8 Å². The van der Waals surface area contributed by atoms with E-state index in [1.54, 1.807) is 11.3 Å². The number of halogens is 1. The van der Waals surface area contributed by atoms with E-state index in [9.17, 15) is 19.5 Å². The molecular formula is C29H43ClN6O4S. The van der Waals surface area contributed by atoms with Gasteiger partial charge in [0.2, 0.25) is 17.7 Å². The summed E-state index contributed by atoms with van der Waals surface area (Å²) in [5.41, 5.74) is 4.23. The normalized spacial score (nSPS) is 21.1. The van der Waals surface area contributed by atoms with Gasteiger partial charge in [-0.3, -0.25) is 19.3 Å². The predicted molar refractivity (Wildman–Crippen MR) is 163 cm³/mol. The Morgan fingerprint density at radius 3 is 2.39 bits per heavy atom. The Morgan fingerprint density at radius 2 is 1.80 bits per heavy atom. The number of carbonyl (C=O) groups is 3. The van der Waals surface area contributed by atoms with Gasteiger partial charge in [-0.15, -0.1) is 23.7 Å². The molecule has 1 aromatic carbocycles. The monoisotopic (exact) mass is 606 g/mol. The van der Waals surface area contributed by atoms with Gasteiger partial charge in [0.25, 0.3) is 0 Å². The van der Waals surface area contributed by atoms with E-state index in [1.165, 1.54) is 4.90 Å². The SMILES string of the molecule is Cc1ncsc1-c1ccc([C@H](C)NC(=O)[C@@H]2C[C@@H](O)CN2C(=O)[C@@H](NC(=O)CN2CCNCC2)C(C)(C)C)cc1.Cl. The largest absolute Gasteiger partial charge is 0.391 e. The summed E-state index contributed by atoms with van der Waals surface area (Å²) in [6.45, 7) is 13.0. The first-order chi connectivity index (χ1) is 18.9. The van der Waals surface area contributed by atoms with Crippen molar-refractivity contribution in [3.8, 4) is 10.4 Å². The van der Waals surface area contributed by atoms with Crippen LogP contribution < -0.4 is 16.0 Å². The minimum atomic E-state index is -0.830. The molecule has 1 aromatic heterocycles. The molecule has 2 fully saturated rings. The van der Waals surface area contributed by atoms with Crippen LogP contribution >= 0.6 is 23.7 Å². The van der Waals surface area contributed by atoms with Gasteiger partial charge in [0, 0.05) is 39.1 Å². The molecule has 4 rings (SSSR count). The fourth-order valence-corrected chi connectivity index (χ4v) is 6.11. The van der Waals surface area contributed by atoms with Crippen LogP contribution in [0.1, 0.15) is 51.4 Å². The third-order valence-electron chi connectivity index (χ3n) is 7.64. The first kappa shape index (κ1) is 32.9. The predicted octanol–water partition coefficient (Wildman–Crippen LogP) is 2.12. The van der Waals surface area contributed by atoms with E-state index in [0.29, 0.717) is 0 Å². The van der Waals surface area contributed by atoms with Crippen LogP contribution in [0.3, 0.4) is 0 Å². The molecule has 3 amide bonds. The van der Waals surface area contributed by atoms with Crippen LogP contribution in [0.5, 0.6) is 0 Å². The number of aliphatic hydroxyl groups excluding tert-OH is 1. The molecule has 2 aromatic rings. The number of aryl methyl sites for hydroxylation is 1. The van der Waals surface area contributed by atoms with Crippen molar-refractivity contribution < 1.29 is 19.5 Å². The van der Waals surface area contributed by atoms with Gasteiger partial charge in [-0.1, -0.05) is 45.0 Å². The van der Waals surface area contributed by atoms with Crippen molar-refractivity contribution in [3.05, 3.63) is 41.0 Å². The summed E-state index contributed by atoms with van der Waals surface area (Å²) in [5.74, 6) is -0.893. The van der Waals surface area contributed by atoms with Crippen LogP contribution in [0.2, 0.25) is 0 Å². The maximum absolute atomic E-state index is 13.8. The number of carbonyl (C=O) groups excluding carboxylic acids is 3. The molecule has 0 bridgehead atoms. The third-order valence-corrected chi connectivity index (χ3v) is 8.61. The molecule has 0 unspecified atom stereocenters. The quantitative estimate of drug-likeness (QED) is 0.363. The number of nitrogens with one attached hydrogen (secondary N) is 3. The maximum Gasteiger partial charge on any atom is 0.246 e. The van der Waals surface area contributed by atoms with E-state index in [-0.39, 0.29) is 55.7 Å². The molecule has 2 aliphatic rings. The van der Waals surface area contributed by atoms with Crippen molar-refractivity contribution in [1.82, 2.24) is 30.7 Å². The number of likely N-dealkylation sites (tertiary alicyclic amines) is 1. The zero-order chi connectivity index (χ0) is 29.0. The molecule has 10 nitrogen and oxygen atoms in total. The zero-order valence-electron chi connectivity index (χ0n) is 24.5. The van der Waals surface area contributed by atoms with Crippen LogP contribution in [0, 0.1) is 12.3 Å². The fourth-order valence-electron chi connectivity index (χ4n) is 5.29. The number of hydrogen-bond acceptors (Lipinski definition) is 8. The Kier molecular flexibility index (Phi) is 11.3. The van der Waals surface area contributed by atoms with Gasteiger partial charge < -0.3 is 26.0 Å². The lowest BCUT2D eigenvalue weighted by Crippen LogP contribution is -2.59. The molecule has 0 aliphatic carbocycles. The number of β-amino-alcohol motifs (C(OH)–C–C–N with tert-alkyl or cyclic N) is 1. The van der Waals surface area contributed by atoms with Crippen LogP contribution in [0.15, 0.2) is 29.8 Å². The second-order valence-electron chi connectivity index (χ2n) is 11.9. The third kappa shape index (κ3) is 8.26. The number of nitrogens with zero attached hydrogens (tertiary/aromatic N) is 3. The van der Waals surface area contributed by atoms with Crippen molar-refractivity contribution in [2.75, 3.05) is 39.3 Å². The Balaban J connectivity index is 0.00000462. The lowest BCUT2D eigenvalue weighted by atomic mass is 9.85. The minimum Gasteiger partial charge on any atom is -0.391 e. The van der Waals surface area contributed by atoms with Crippen LogP contribution in [0.4, 0.5) is 0 Å². The summed E-state index contributed by atoms with van der Waals surface area (Å²) < 4.78 is 0. The first-order valence-electron chi connectivity index (χ1n) is 14.0. The van der Waals surface area contributed by atoms with Crippen molar-refractivity contribution in [2.24, 2.45) is 5.41 Å². The average molecular weight is 607 g/mol. The van der Waals surface area contributed by atoms with Crippen LogP contribution in [-0.4, -0.2) is 95.1 Å². The summed E-state index contributed by atoms with van der Waals surface area (Å²) >= 11 is 1.59. The average Bonchev–Trinajstić information content (AvgIpc) is 3.52. The Morgan fingerprint density at radius 1 is 1.15 bits per heavy atom. The zero-order valence-corrected chi connectivity index (χ0v) is 26.1. The summed E-state index contributed by atoms with van der Waals surface area (Å²) in [6.07, 6.45) is -0.659. The number of benzene rings is 1. The number of aromatic nitrogens is 1. The number of amides is 3. The summed E-state index contributed by atoms with van der Waals surface area (Å²) in [5, 5.41) is 19.7. The Labute approximate surface area is 252 Å². The summed E-state index contributed by atoms with van der Waals surface area (Å²) in [6, 6.07) is 6.05. The molecule has 0 spiro atoms. The molecule has 226 valence electrons. The summed E-state index contributed by atoms with van der Waals surface area (Å²) in [4.78, 5) is 49.1. The fraction of sp³-hybridized carbons (Fsp3) is 0.586. The maximum atomic E-state index is 13.8. The number of thiazole rings is 1. The van der Waals surface area contributed by atoms with Crippen molar-refractivity contribution in [3.63, 3.8) is 0 Å². The standard InChI is InChI=1S/C29H42N6O4S.ClH/c1-18(20-6-8-21(9-7-20)25-19(2)31-17-40-25)32-27(38)23-14-22(36)15-35(23)28(39)26(29(3,4)5)33-24(37)16-34-12-10-30-11-13-34;/h6-9,17-18,22-23,26,30,36H,10-16H2,1-5H3,(H,32,38)(H,33,37);1H/t18-,22+,23-,26+;/m0./s1. The Hall–Kier alpha value is -2.57. The highest BCUT2D eigenvalue weighted by atomic mass is 35.5. The topological polar surface area (TPSA) is 127 Å². The number of aliphatic hydroxyl groups is 1. The molecule has 4 N–H and O–H groups in total. The van der Waals surface area contributed by atoms with Gasteiger partial charge in [-0.2, -0.15) is 0 Å². The van der Waals surface area contributed by atoms with Gasteiger partial charge in [-0.05, 0) is 30.4 Å². The lowest BCUT2D eigenvalue weighted by Gasteiger charge is -2.36. The number of rotatable bonds is 8. The molecule has 2 saturated heterocycles. The number of hydrogen-bond donors (Lipinski definition) is 4. The molecule has 41 heavy (non-hydrogen) atoms. The van der Waals surface area contributed by atoms with Gasteiger partial charge in [-0.25, -0.2) is 4.98 Å². The van der Waals surface area contributed by atoms with Gasteiger partial charge in [0.15, 0.2) is 0 Å². The van der Waals surface area contributed by atoms with E-state index >= 15 is 0 Å². The van der Waals surface area contributed by atoms with Crippen molar-refractivity contribution >= 4 is 41.5 Å². The highest BCUT2D eigenvalue weighted by Gasteiger charge is 2.44. The molecule has 0 radical (unpaired) electrons. The van der Waals surface area contributed by atoms with Gasteiger partial charge in [0.1, 0.15) is 12.1 Å². The smallest absolute Gasteiger partial charge is 0.246 e. The van der Waals surface area contributed by atoms with E-state index in [1.807, 2.05) is 64.4 Å². The van der Waals surface area contributed by atoms with E-state index in [4.69, 9.17) is 0 Å². The molecular weight excluding hydrogens is 564 g/mol. The molecule has 0 saturated carbocycles. The van der Waals surface area contributed by atoms with E-state index in [0.717, 1.165) is 47.9 Å². The second-order valence-corrected chi connectivity index (χ2v) is 12.8. The van der Waals surface area contributed by atoms with Crippen LogP contribution in [0.25, 0.3) is 10.4 Å². The van der Waals surface area contributed by atoms with Crippen LogP contribution in [-0.2, 0) is 14.4 Å². The Bertz CT molecular complexity index is 1190. The molecule has 2 aliphatic heterocycles. The number of piperazine rings is 1. The summed E-state index contributed by atoms with van der Waals surface area (Å²) in [7, 11) is 0. The first-order valence-corrected chi connectivity index (χ1v) is 14.8. The highest BCUT2D eigenvalue weighted by Crippen LogP contribution is 2.29. The second kappa shape index (κ2) is 14.1. The molecule has 12 heteroatoms.